The Labute approximate surface area is 116 Å². The van der Waals surface area contributed by atoms with Crippen molar-refractivity contribution in [3.63, 3.8) is 0 Å². The molecule has 1 aromatic rings. The quantitative estimate of drug-likeness (QED) is 0.829. The van der Waals surface area contributed by atoms with Crippen molar-refractivity contribution in [2.75, 3.05) is 0 Å². The maximum absolute atomic E-state index is 11.6. The molecule has 1 aromatic carbocycles. The van der Waals surface area contributed by atoms with E-state index >= 15 is 0 Å². The van der Waals surface area contributed by atoms with E-state index in [2.05, 4.69) is 5.32 Å². The molecule has 1 amide bonds. The number of benzene rings is 1. The number of rotatable bonds is 6. The first-order valence-corrected chi connectivity index (χ1v) is 6.98. The first-order valence-electron chi connectivity index (χ1n) is 6.98. The van der Waals surface area contributed by atoms with Gasteiger partial charge in [0.25, 0.3) is 0 Å². The van der Waals surface area contributed by atoms with E-state index < -0.39 is 6.10 Å². The van der Waals surface area contributed by atoms with Crippen molar-refractivity contribution < 1.29 is 9.90 Å². The van der Waals surface area contributed by atoms with Crippen molar-refractivity contribution in [3.8, 4) is 0 Å². The number of amides is 1. The van der Waals surface area contributed by atoms with Crippen molar-refractivity contribution in [2.24, 2.45) is 0 Å². The zero-order valence-electron chi connectivity index (χ0n) is 12.4. The smallest absolute Gasteiger partial charge is 0.220 e. The number of carbonyl (C=O) groups is 1. The molecule has 3 heteroatoms. The molecule has 2 N–H and O–H groups in total. The standard InChI is InChI=1S/C16H25NO2/c1-5-13(4)17-16(19)9-8-15(18)14-7-6-11(2)12(3)10-14/h6-7,10,13,15,18H,5,8-9H2,1-4H3,(H,17,19). The lowest BCUT2D eigenvalue weighted by molar-refractivity contribution is -0.122. The van der Waals surface area contributed by atoms with Crippen LogP contribution in [-0.2, 0) is 4.79 Å². The Morgan fingerprint density at radius 2 is 2.00 bits per heavy atom. The summed E-state index contributed by atoms with van der Waals surface area (Å²) in [5.74, 6) is 0.0113. The van der Waals surface area contributed by atoms with Gasteiger partial charge in [0.05, 0.1) is 6.10 Å². The molecular formula is C16H25NO2. The maximum Gasteiger partial charge on any atom is 0.220 e. The summed E-state index contributed by atoms with van der Waals surface area (Å²) >= 11 is 0. The van der Waals surface area contributed by atoms with Crippen LogP contribution >= 0.6 is 0 Å². The van der Waals surface area contributed by atoms with Gasteiger partial charge in [0.15, 0.2) is 0 Å². The first kappa shape index (κ1) is 15.7. The summed E-state index contributed by atoms with van der Waals surface area (Å²) in [6.07, 6.45) is 1.18. The third kappa shape index (κ3) is 5.03. The fourth-order valence-corrected chi connectivity index (χ4v) is 1.86. The topological polar surface area (TPSA) is 49.3 Å². The molecular weight excluding hydrogens is 238 g/mol. The zero-order chi connectivity index (χ0) is 14.4. The van der Waals surface area contributed by atoms with Crippen molar-refractivity contribution in [2.45, 2.75) is 59.1 Å². The second-order valence-corrected chi connectivity index (χ2v) is 5.27. The summed E-state index contributed by atoms with van der Waals surface area (Å²) in [6.45, 7) is 8.10. The fraction of sp³-hybridized carbons (Fsp3) is 0.562. The Morgan fingerprint density at radius 1 is 1.32 bits per heavy atom. The third-order valence-electron chi connectivity index (χ3n) is 3.58. The summed E-state index contributed by atoms with van der Waals surface area (Å²) in [5, 5.41) is 13.0. The number of aryl methyl sites for hydroxylation is 2. The summed E-state index contributed by atoms with van der Waals surface area (Å²) in [4.78, 5) is 11.6. The van der Waals surface area contributed by atoms with Gasteiger partial charge in [-0.25, -0.2) is 0 Å². The molecule has 0 saturated heterocycles. The van der Waals surface area contributed by atoms with Crippen molar-refractivity contribution in [3.05, 3.63) is 34.9 Å². The molecule has 0 aromatic heterocycles. The molecule has 0 radical (unpaired) electrons. The van der Waals surface area contributed by atoms with Crippen LogP contribution in [0, 0.1) is 13.8 Å². The lowest BCUT2D eigenvalue weighted by Crippen LogP contribution is -2.31. The number of nitrogens with one attached hydrogen (secondary N) is 1. The van der Waals surface area contributed by atoms with Gasteiger partial charge < -0.3 is 10.4 Å². The van der Waals surface area contributed by atoms with Crippen LogP contribution < -0.4 is 5.32 Å². The van der Waals surface area contributed by atoms with Gasteiger partial charge >= 0.3 is 0 Å². The molecule has 3 nitrogen and oxygen atoms in total. The average Bonchev–Trinajstić information content (AvgIpc) is 2.39. The molecule has 106 valence electrons. The first-order chi connectivity index (χ1) is 8.93. The molecule has 2 unspecified atom stereocenters. The molecule has 0 aliphatic carbocycles. The van der Waals surface area contributed by atoms with Crippen molar-refractivity contribution >= 4 is 5.91 Å². The van der Waals surface area contributed by atoms with Gasteiger partial charge in [0.2, 0.25) is 5.91 Å². The van der Waals surface area contributed by atoms with E-state index in [4.69, 9.17) is 0 Å². The molecule has 1 rings (SSSR count). The largest absolute Gasteiger partial charge is 0.388 e. The van der Waals surface area contributed by atoms with Crippen LogP contribution in [0.4, 0.5) is 0 Å². The normalized spacial score (nSPS) is 13.9. The maximum atomic E-state index is 11.6. The Hall–Kier alpha value is -1.35. The predicted molar refractivity (Wildman–Crippen MR) is 78.0 cm³/mol. The van der Waals surface area contributed by atoms with Gasteiger partial charge in [-0.2, -0.15) is 0 Å². The molecule has 0 aliphatic rings. The van der Waals surface area contributed by atoms with Gasteiger partial charge in [-0.3, -0.25) is 4.79 Å². The van der Waals surface area contributed by atoms with Gasteiger partial charge in [0, 0.05) is 12.5 Å². The predicted octanol–water partition coefficient (Wildman–Crippen LogP) is 3.03. The average molecular weight is 263 g/mol. The van der Waals surface area contributed by atoms with E-state index in [0.717, 1.165) is 12.0 Å². The molecule has 0 spiro atoms. The van der Waals surface area contributed by atoms with E-state index in [0.29, 0.717) is 12.8 Å². The highest BCUT2D eigenvalue weighted by Gasteiger charge is 2.12. The molecule has 0 saturated carbocycles. The van der Waals surface area contributed by atoms with Crippen LogP contribution in [0.3, 0.4) is 0 Å². The van der Waals surface area contributed by atoms with Gasteiger partial charge in [-0.1, -0.05) is 25.1 Å². The second-order valence-electron chi connectivity index (χ2n) is 5.27. The van der Waals surface area contributed by atoms with E-state index in [9.17, 15) is 9.90 Å². The lowest BCUT2D eigenvalue weighted by atomic mass is 10.00. The summed E-state index contributed by atoms with van der Waals surface area (Å²) in [5.41, 5.74) is 3.27. The summed E-state index contributed by atoms with van der Waals surface area (Å²) < 4.78 is 0. The Bertz CT molecular complexity index is 429. The highest BCUT2D eigenvalue weighted by atomic mass is 16.3. The number of carbonyl (C=O) groups excluding carboxylic acids is 1. The highest BCUT2D eigenvalue weighted by molar-refractivity contribution is 5.76. The minimum Gasteiger partial charge on any atom is -0.388 e. The minimum absolute atomic E-state index is 0.0113. The third-order valence-corrected chi connectivity index (χ3v) is 3.58. The number of aliphatic hydroxyl groups is 1. The van der Waals surface area contributed by atoms with Crippen molar-refractivity contribution in [1.82, 2.24) is 5.32 Å². The SMILES string of the molecule is CCC(C)NC(=O)CCC(O)c1ccc(C)c(C)c1. The molecule has 19 heavy (non-hydrogen) atoms. The van der Waals surface area contributed by atoms with E-state index in [-0.39, 0.29) is 11.9 Å². The van der Waals surface area contributed by atoms with Crippen LogP contribution in [0.1, 0.15) is 55.9 Å². The lowest BCUT2D eigenvalue weighted by Gasteiger charge is -2.14. The number of aliphatic hydroxyl groups excluding tert-OH is 1. The van der Waals surface area contributed by atoms with E-state index in [1.165, 1.54) is 11.1 Å². The van der Waals surface area contributed by atoms with Crippen LogP contribution in [0.15, 0.2) is 18.2 Å². The van der Waals surface area contributed by atoms with Gasteiger partial charge in [0.1, 0.15) is 0 Å². The molecule has 0 aliphatic heterocycles. The minimum atomic E-state index is -0.568. The summed E-state index contributed by atoms with van der Waals surface area (Å²) in [6, 6.07) is 6.13. The monoisotopic (exact) mass is 263 g/mol. The number of hydrogen-bond acceptors (Lipinski definition) is 2. The Kier molecular flexibility index (Phi) is 6.03. The van der Waals surface area contributed by atoms with E-state index in [1.807, 2.05) is 45.9 Å². The van der Waals surface area contributed by atoms with Crippen LogP contribution in [0.2, 0.25) is 0 Å². The molecule has 2 atom stereocenters. The van der Waals surface area contributed by atoms with Crippen LogP contribution in [-0.4, -0.2) is 17.1 Å². The molecule has 0 fully saturated rings. The van der Waals surface area contributed by atoms with Crippen LogP contribution in [0.25, 0.3) is 0 Å². The Balaban J connectivity index is 2.48. The van der Waals surface area contributed by atoms with Gasteiger partial charge in [-0.05, 0) is 50.3 Å². The van der Waals surface area contributed by atoms with Crippen molar-refractivity contribution in [1.29, 1.82) is 0 Å². The molecule has 0 heterocycles. The second kappa shape index (κ2) is 7.29. The summed E-state index contributed by atoms with van der Waals surface area (Å²) in [7, 11) is 0. The zero-order valence-corrected chi connectivity index (χ0v) is 12.4. The Morgan fingerprint density at radius 3 is 2.58 bits per heavy atom. The number of hydrogen-bond donors (Lipinski definition) is 2. The van der Waals surface area contributed by atoms with E-state index in [1.54, 1.807) is 0 Å². The highest BCUT2D eigenvalue weighted by Crippen LogP contribution is 2.20. The van der Waals surface area contributed by atoms with Gasteiger partial charge in [-0.15, -0.1) is 0 Å². The van der Waals surface area contributed by atoms with Crippen LogP contribution in [0.5, 0.6) is 0 Å². The fourth-order valence-electron chi connectivity index (χ4n) is 1.86. The molecule has 0 bridgehead atoms.